The van der Waals surface area contributed by atoms with E-state index in [1.165, 1.54) is 11.3 Å². The number of ether oxygens (including phenoxy) is 2. The van der Waals surface area contributed by atoms with Crippen LogP contribution in [0.3, 0.4) is 0 Å². The van der Waals surface area contributed by atoms with Crippen LogP contribution in [0.4, 0.5) is 0 Å². The molecule has 1 aliphatic rings. The highest BCUT2D eigenvalue weighted by molar-refractivity contribution is 14.1. The number of hydrogen-bond acceptors (Lipinski definition) is 7. The molecule has 0 bridgehead atoms. The molecule has 166 valence electrons. The van der Waals surface area contributed by atoms with Crippen LogP contribution in [0.15, 0.2) is 61.9 Å². The maximum Gasteiger partial charge on any atom is 0.338 e. The highest BCUT2D eigenvalue weighted by Crippen LogP contribution is 2.35. The average molecular weight is 564 g/mol. The second kappa shape index (κ2) is 9.45. The number of fused-ring (bicyclic) bond motifs is 1. The van der Waals surface area contributed by atoms with Gasteiger partial charge in [-0.1, -0.05) is 29.5 Å². The number of carbonyl (C=O) groups excluding carboxylic acids is 1. The van der Waals surface area contributed by atoms with Crippen molar-refractivity contribution in [3.63, 3.8) is 0 Å². The molecule has 1 atom stereocenters. The number of nitrogens with zero attached hydrogens (tertiary/aromatic N) is 2. The highest BCUT2D eigenvalue weighted by atomic mass is 127. The van der Waals surface area contributed by atoms with E-state index in [1.807, 2.05) is 37.3 Å². The van der Waals surface area contributed by atoms with Crippen LogP contribution in [-0.2, 0) is 9.53 Å². The number of furan rings is 1. The first-order valence-electron chi connectivity index (χ1n) is 10.1. The molecule has 0 aliphatic carbocycles. The molecule has 32 heavy (non-hydrogen) atoms. The fourth-order valence-electron chi connectivity index (χ4n) is 3.61. The predicted molar refractivity (Wildman–Crippen MR) is 129 cm³/mol. The van der Waals surface area contributed by atoms with Crippen molar-refractivity contribution in [3.8, 4) is 5.75 Å². The molecule has 0 unspecified atom stereocenters. The first kappa shape index (κ1) is 22.5. The third-order valence-electron chi connectivity index (χ3n) is 4.90. The maximum absolute atomic E-state index is 13.5. The third kappa shape index (κ3) is 4.18. The van der Waals surface area contributed by atoms with Crippen LogP contribution in [0.5, 0.6) is 5.75 Å². The van der Waals surface area contributed by atoms with E-state index >= 15 is 0 Å². The summed E-state index contributed by atoms with van der Waals surface area (Å²) in [5.74, 6) is 0.679. The number of esters is 1. The minimum Gasteiger partial charge on any atom is -0.494 e. The molecule has 3 heterocycles. The monoisotopic (exact) mass is 564 g/mol. The first-order valence-corrected chi connectivity index (χ1v) is 12.0. The Labute approximate surface area is 201 Å². The molecule has 1 aromatic carbocycles. The van der Waals surface area contributed by atoms with Gasteiger partial charge in [-0.25, -0.2) is 9.79 Å². The lowest BCUT2D eigenvalue weighted by atomic mass is 9.95. The van der Waals surface area contributed by atoms with Gasteiger partial charge in [0.1, 0.15) is 17.6 Å². The van der Waals surface area contributed by atoms with E-state index in [1.54, 1.807) is 30.6 Å². The third-order valence-corrected chi connectivity index (χ3v) is 6.46. The normalized spacial score (nSPS) is 16.0. The number of para-hydroxylation sites is 1. The summed E-state index contributed by atoms with van der Waals surface area (Å²) in [7, 11) is 0. The van der Waals surface area contributed by atoms with Crippen LogP contribution < -0.4 is 19.6 Å². The largest absolute Gasteiger partial charge is 0.494 e. The summed E-state index contributed by atoms with van der Waals surface area (Å²) in [5.41, 5.74) is 1.28. The van der Waals surface area contributed by atoms with Crippen LogP contribution in [-0.4, -0.2) is 23.8 Å². The van der Waals surface area contributed by atoms with Gasteiger partial charge in [-0.15, -0.1) is 0 Å². The lowest BCUT2D eigenvalue weighted by Gasteiger charge is -2.26. The smallest absolute Gasteiger partial charge is 0.338 e. The SMILES string of the molecule is CCOC(=O)C1=C(C)N=c2s/c(=C\c3ccc(I)o3)c(=O)n2[C@H]1c1ccccc1OCC. The molecule has 0 radical (unpaired) electrons. The van der Waals surface area contributed by atoms with Gasteiger partial charge in [0.05, 0.1) is 29.0 Å². The Hall–Kier alpha value is -2.66. The second-order valence-electron chi connectivity index (χ2n) is 6.91. The Morgan fingerprint density at radius 3 is 2.72 bits per heavy atom. The molecule has 0 saturated heterocycles. The van der Waals surface area contributed by atoms with Crippen LogP contribution in [0.2, 0.25) is 0 Å². The average Bonchev–Trinajstić information content (AvgIpc) is 3.30. The van der Waals surface area contributed by atoms with E-state index in [9.17, 15) is 9.59 Å². The van der Waals surface area contributed by atoms with E-state index in [0.717, 1.165) is 3.77 Å². The standard InChI is InChI=1S/C23H21IN2O5S/c1-4-29-16-9-7-6-8-15(16)20-19(22(28)30-5-2)13(3)25-23-26(20)21(27)17(32-23)12-14-10-11-18(24)31-14/h6-12,20H,4-5H2,1-3H3/b17-12-/t20-/m0/s1. The van der Waals surface area contributed by atoms with Crippen molar-refractivity contribution in [2.75, 3.05) is 13.2 Å². The lowest BCUT2D eigenvalue weighted by molar-refractivity contribution is -0.139. The van der Waals surface area contributed by atoms with E-state index in [0.29, 0.717) is 44.3 Å². The lowest BCUT2D eigenvalue weighted by Crippen LogP contribution is -2.40. The van der Waals surface area contributed by atoms with Crippen molar-refractivity contribution in [2.45, 2.75) is 26.8 Å². The Morgan fingerprint density at radius 1 is 1.25 bits per heavy atom. The first-order chi connectivity index (χ1) is 15.4. The number of hydrogen-bond donors (Lipinski definition) is 0. The van der Waals surface area contributed by atoms with Gasteiger partial charge < -0.3 is 13.9 Å². The molecule has 2 aromatic heterocycles. The van der Waals surface area contributed by atoms with Crippen molar-refractivity contribution in [3.05, 3.63) is 82.4 Å². The van der Waals surface area contributed by atoms with Gasteiger partial charge in [0.2, 0.25) is 0 Å². The molecule has 0 N–H and O–H groups in total. The molecule has 0 fully saturated rings. The van der Waals surface area contributed by atoms with E-state index in [-0.39, 0.29) is 12.2 Å². The molecule has 9 heteroatoms. The Balaban J connectivity index is 1.99. The zero-order chi connectivity index (χ0) is 22.8. The number of thiazole rings is 1. The summed E-state index contributed by atoms with van der Waals surface area (Å²) >= 11 is 3.33. The number of aromatic nitrogens is 1. The maximum atomic E-state index is 13.5. The zero-order valence-electron chi connectivity index (χ0n) is 17.8. The Bertz CT molecular complexity index is 1380. The summed E-state index contributed by atoms with van der Waals surface area (Å²) in [6.07, 6.45) is 1.70. The van der Waals surface area contributed by atoms with Gasteiger partial charge in [0.25, 0.3) is 5.56 Å². The summed E-state index contributed by atoms with van der Waals surface area (Å²) in [4.78, 5) is 31.6. The molecule has 1 aliphatic heterocycles. The van der Waals surface area contributed by atoms with E-state index < -0.39 is 12.0 Å². The number of benzene rings is 1. The topological polar surface area (TPSA) is 83.0 Å². The Kier molecular flexibility index (Phi) is 6.66. The minimum absolute atomic E-state index is 0.219. The molecule has 0 saturated carbocycles. The molecule has 4 rings (SSSR count). The highest BCUT2D eigenvalue weighted by Gasteiger charge is 2.35. The van der Waals surface area contributed by atoms with E-state index in [4.69, 9.17) is 13.9 Å². The minimum atomic E-state index is -0.716. The van der Waals surface area contributed by atoms with Crippen LogP contribution in [0.25, 0.3) is 6.08 Å². The number of carbonyl (C=O) groups is 1. The van der Waals surface area contributed by atoms with Gasteiger partial charge >= 0.3 is 5.97 Å². The zero-order valence-corrected chi connectivity index (χ0v) is 20.7. The molecular weight excluding hydrogens is 543 g/mol. The van der Waals surface area contributed by atoms with Crippen LogP contribution >= 0.6 is 33.9 Å². The predicted octanol–water partition coefficient (Wildman–Crippen LogP) is 3.39. The number of rotatable bonds is 6. The quantitative estimate of drug-likeness (QED) is 0.339. The van der Waals surface area contributed by atoms with Crippen molar-refractivity contribution < 1.29 is 18.7 Å². The van der Waals surface area contributed by atoms with Crippen molar-refractivity contribution in [1.29, 1.82) is 0 Å². The second-order valence-corrected chi connectivity index (χ2v) is 8.99. The van der Waals surface area contributed by atoms with Gasteiger partial charge in [-0.3, -0.25) is 9.36 Å². The summed E-state index contributed by atoms with van der Waals surface area (Å²) < 4.78 is 19.5. The molecule has 0 spiro atoms. The molecular formula is C23H21IN2O5S. The van der Waals surface area contributed by atoms with E-state index in [2.05, 4.69) is 27.6 Å². The van der Waals surface area contributed by atoms with Crippen LogP contribution in [0.1, 0.15) is 38.1 Å². The Morgan fingerprint density at radius 2 is 2.03 bits per heavy atom. The van der Waals surface area contributed by atoms with Crippen molar-refractivity contribution in [2.24, 2.45) is 4.99 Å². The van der Waals surface area contributed by atoms with Crippen LogP contribution in [0, 0.1) is 3.77 Å². The molecule has 3 aromatic rings. The fourth-order valence-corrected chi connectivity index (χ4v) is 5.07. The van der Waals surface area contributed by atoms with Gasteiger partial charge in [-0.2, -0.15) is 0 Å². The van der Waals surface area contributed by atoms with Gasteiger partial charge in [-0.05, 0) is 61.6 Å². The summed E-state index contributed by atoms with van der Waals surface area (Å²) in [5, 5.41) is 0. The molecule has 7 nitrogen and oxygen atoms in total. The number of allylic oxidation sites excluding steroid dienone is 1. The molecule has 0 amide bonds. The van der Waals surface area contributed by atoms with Crippen molar-refractivity contribution >= 4 is 46.0 Å². The summed E-state index contributed by atoms with van der Waals surface area (Å²) in [6.45, 7) is 6.07. The van der Waals surface area contributed by atoms with Crippen molar-refractivity contribution in [1.82, 2.24) is 4.57 Å². The van der Waals surface area contributed by atoms with Gasteiger partial charge in [0.15, 0.2) is 8.57 Å². The number of halogens is 1. The summed E-state index contributed by atoms with van der Waals surface area (Å²) in [6, 6.07) is 10.3. The fraction of sp³-hybridized carbons (Fsp3) is 0.261. The van der Waals surface area contributed by atoms with Gasteiger partial charge in [0, 0.05) is 11.6 Å².